The van der Waals surface area contributed by atoms with Gasteiger partial charge in [0, 0.05) is 13.5 Å². The first-order valence-corrected chi connectivity index (χ1v) is 5.74. The Kier molecular flexibility index (Phi) is 4.59. The van der Waals surface area contributed by atoms with E-state index in [2.05, 4.69) is 13.8 Å². The summed E-state index contributed by atoms with van der Waals surface area (Å²) in [7, 11) is 1.66. The first kappa shape index (κ1) is 11.7. The normalized spacial score (nSPS) is 20.5. The average molecular weight is 198 g/mol. The molecule has 0 aromatic heterocycles. The van der Waals surface area contributed by atoms with Crippen LogP contribution in [0.5, 0.6) is 0 Å². The number of Topliss-reactive ketones (excluding diaryl/α,β-unsaturated/α-hetero) is 1. The second-order valence-electron chi connectivity index (χ2n) is 4.56. The van der Waals surface area contributed by atoms with Crippen LogP contribution in [-0.4, -0.2) is 19.0 Å². The van der Waals surface area contributed by atoms with E-state index in [0.29, 0.717) is 24.0 Å². The highest BCUT2D eigenvalue weighted by Gasteiger charge is 2.36. The zero-order valence-electron chi connectivity index (χ0n) is 9.58. The summed E-state index contributed by atoms with van der Waals surface area (Å²) in [5.74, 6) is 1.36. The Labute approximate surface area is 87.0 Å². The van der Waals surface area contributed by atoms with Gasteiger partial charge in [-0.05, 0) is 24.7 Å². The third-order valence-corrected chi connectivity index (χ3v) is 2.95. The van der Waals surface area contributed by atoms with Crippen molar-refractivity contribution in [3.05, 3.63) is 0 Å². The van der Waals surface area contributed by atoms with Crippen molar-refractivity contribution in [3.8, 4) is 0 Å². The number of carbonyl (C=O) groups is 1. The zero-order valence-corrected chi connectivity index (χ0v) is 9.58. The Morgan fingerprint density at radius 1 is 1.50 bits per heavy atom. The molecule has 1 rings (SSSR count). The number of ether oxygens (including phenoxy) is 1. The molecule has 0 heterocycles. The molecular formula is C12H22O2. The van der Waals surface area contributed by atoms with Crippen LogP contribution in [0.25, 0.3) is 0 Å². The summed E-state index contributed by atoms with van der Waals surface area (Å²) in [6.07, 6.45) is 5.25. The van der Waals surface area contributed by atoms with E-state index < -0.39 is 0 Å². The lowest BCUT2D eigenvalue weighted by atomic mass is 9.96. The van der Waals surface area contributed by atoms with Crippen LogP contribution in [0.1, 0.15) is 46.0 Å². The van der Waals surface area contributed by atoms with Crippen molar-refractivity contribution in [3.63, 3.8) is 0 Å². The predicted octanol–water partition coefficient (Wildman–Crippen LogP) is 2.81. The van der Waals surface area contributed by atoms with Crippen LogP contribution >= 0.6 is 0 Å². The van der Waals surface area contributed by atoms with Crippen molar-refractivity contribution in [1.82, 2.24) is 0 Å². The van der Waals surface area contributed by atoms with Gasteiger partial charge in [-0.25, -0.2) is 0 Å². The van der Waals surface area contributed by atoms with Crippen LogP contribution < -0.4 is 0 Å². The molecule has 1 aliphatic carbocycles. The minimum atomic E-state index is -0.102. The maximum Gasteiger partial charge on any atom is 0.162 e. The lowest BCUT2D eigenvalue weighted by molar-refractivity contribution is -0.130. The van der Waals surface area contributed by atoms with Crippen molar-refractivity contribution in [1.29, 1.82) is 0 Å². The lowest BCUT2D eigenvalue weighted by Gasteiger charge is -2.15. The largest absolute Gasteiger partial charge is 0.373 e. The summed E-state index contributed by atoms with van der Waals surface area (Å²) in [6.45, 7) is 4.32. The zero-order chi connectivity index (χ0) is 10.6. The molecule has 2 nitrogen and oxygen atoms in total. The first-order chi connectivity index (χ1) is 6.69. The second kappa shape index (κ2) is 5.50. The summed E-state index contributed by atoms with van der Waals surface area (Å²) in [5.41, 5.74) is 0. The van der Waals surface area contributed by atoms with Crippen molar-refractivity contribution in [2.45, 2.75) is 52.1 Å². The fraction of sp³-hybridized carbons (Fsp3) is 0.917. The molecular weight excluding hydrogens is 176 g/mol. The van der Waals surface area contributed by atoms with Crippen LogP contribution in [0.2, 0.25) is 0 Å². The number of ketones is 1. The minimum absolute atomic E-state index is 0.102. The highest BCUT2D eigenvalue weighted by molar-refractivity contribution is 5.83. The highest BCUT2D eigenvalue weighted by Crippen LogP contribution is 2.35. The standard InChI is InChI=1S/C12H22O2/c1-4-5-9(2)8-11(13)12(14-3)10-6-7-10/h9-10,12H,4-8H2,1-3H3. The monoisotopic (exact) mass is 198 g/mol. The topological polar surface area (TPSA) is 26.3 Å². The van der Waals surface area contributed by atoms with Gasteiger partial charge < -0.3 is 4.74 Å². The molecule has 1 aliphatic rings. The second-order valence-corrected chi connectivity index (χ2v) is 4.56. The smallest absolute Gasteiger partial charge is 0.162 e. The fourth-order valence-corrected chi connectivity index (χ4v) is 2.04. The van der Waals surface area contributed by atoms with E-state index in [0.717, 1.165) is 12.8 Å². The highest BCUT2D eigenvalue weighted by atomic mass is 16.5. The van der Waals surface area contributed by atoms with Gasteiger partial charge >= 0.3 is 0 Å². The molecule has 2 unspecified atom stereocenters. The summed E-state index contributed by atoms with van der Waals surface area (Å²) in [5, 5.41) is 0. The van der Waals surface area contributed by atoms with E-state index in [-0.39, 0.29) is 6.10 Å². The van der Waals surface area contributed by atoms with Crippen LogP contribution in [0.4, 0.5) is 0 Å². The Hall–Kier alpha value is -0.370. The van der Waals surface area contributed by atoms with E-state index >= 15 is 0 Å². The SMILES string of the molecule is CCCC(C)CC(=O)C(OC)C1CC1. The average Bonchev–Trinajstić information content (AvgIpc) is 2.89. The molecule has 1 fully saturated rings. The number of carbonyl (C=O) groups excluding carboxylic acids is 1. The Morgan fingerprint density at radius 2 is 2.14 bits per heavy atom. The Bertz CT molecular complexity index is 185. The number of hydrogen-bond acceptors (Lipinski definition) is 2. The van der Waals surface area contributed by atoms with Gasteiger partial charge in [-0.1, -0.05) is 26.7 Å². The van der Waals surface area contributed by atoms with Gasteiger partial charge in [0.2, 0.25) is 0 Å². The summed E-state index contributed by atoms with van der Waals surface area (Å²) < 4.78 is 5.27. The minimum Gasteiger partial charge on any atom is -0.373 e. The van der Waals surface area contributed by atoms with Crippen molar-refractivity contribution >= 4 is 5.78 Å². The van der Waals surface area contributed by atoms with Crippen LogP contribution in [0.15, 0.2) is 0 Å². The summed E-state index contributed by atoms with van der Waals surface area (Å²) in [6, 6.07) is 0. The van der Waals surface area contributed by atoms with Crippen LogP contribution in [0.3, 0.4) is 0 Å². The maximum absolute atomic E-state index is 11.8. The molecule has 0 saturated heterocycles. The molecule has 2 atom stereocenters. The van der Waals surface area contributed by atoms with E-state index in [1.807, 2.05) is 0 Å². The molecule has 82 valence electrons. The van der Waals surface area contributed by atoms with Crippen LogP contribution in [0, 0.1) is 11.8 Å². The first-order valence-electron chi connectivity index (χ1n) is 5.74. The molecule has 0 bridgehead atoms. The fourth-order valence-electron chi connectivity index (χ4n) is 2.04. The number of rotatable bonds is 7. The van der Waals surface area contributed by atoms with Crippen molar-refractivity contribution in [2.75, 3.05) is 7.11 Å². The van der Waals surface area contributed by atoms with Crippen molar-refractivity contribution in [2.24, 2.45) is 11.8 Å². The number of methoxy groups -OCH3 is 1. The molecule has 0 aromatic rings. The Balaban J connectivity index is 2.31. The molecule has 0 aliphatic heterocycles. The van der Waals surface area contributed by atoms with Crippen LogP contribution in [-0.2, 0) is 9.53 Å². The predicted molar refractivity (Wildman–Crippen MR) is 57.2 cm³/mol. The van der Waals surface area contributed by atoms with Gasteiger partial charge in [0.25, 0.3) is 0 Å². The van der Waals surface area contributed by atoms with E-state index in [1.165, 1.54) is 12.8 Å². The van der Waals surface area contributed by atoms with E-state index in [4.69, 9.17) is 4.74 Å². The summed E-state index contributed by atoms with van der Waals surface area (Å²) >= 11 is 0. The van der Waals surface area contributed by atoms with Gasteiger partial charge in [0.1, 0.15) is 6.10 Å². The maximum atomic E-state index is 11.8. The molecule has 2 heteroatoms. The molecule has 0 spiro atoms. The number of hydrogen-bond donors (Lipinski definition) is 0. The van der Waals surface area contributed by atoms with Gasteiger partial charge in [-0.2, -0.15) is 0 Å². The molecule has 14 heavy (non-hydrogen) atoms. The quantitative estimate of drug-likeness (QED) is 0.628. The third kappa shape index (κ3) is 3.41. The summed E-state index contributed by atoms with van der Waals surface area (Å²) in [4.78, 5) is 11.8. The molecule has 0 amide bonds. The van der Waals surface area contributed by atoms with E-state index in [9.17, 15) is 4.79 Å². The van der Waals surface area contributed by atoms with Gasteiger partial charge in [-0.15, -0.1) is 0 Å². The van der Waals surface area contributed by atoms with Crippen molar-refractivity contribution < 1.29 is 9.53 Å². The molecule has 0 radical (unpaired) electrons. The van der Waals surface area contributed by atoms with Gasteiger partial charge in [-0.3, -0.25) is 4.79 Å². The molecule has 1 saturated carbocycles. The van der Waals surface area contributed by atoms with E-state index in [1.54, 1.807) is 7.11 Å². The van der Waals surface area contributed by atoms with Gasteiger partial charge in [0.05, 0.1) is 0 Å². The van der Waals surface area contributed by atoms with Gasteiger partial charge in [0.15, 0.2) is 5.78 Å². The molecule has 0 aromatic carbocycles. The third-order valence-electron chi connectivity index (χ3n) is 2.95. The lowest BCUT2D eigenvalue weighted by Crippen LogP contribution is -2.26. The molecule has 0 N–H and O–H groups in total. The Morgan fingerprint density at radius 3 is 2.57 bits per heavy atom.